The smallest absolute Gasteiger partial charge is 0.0451 e. The van der Waals surface area contributed by atoms with E-state index >= 15 is 0 Å². The lowest BCUT2D eigenvalue weighted by Crippen LogP contribution is -2.45. The van der Waals surface area contributed by atoms with Crippen molar-refractivity contribution in [1.82, 2.24) is 9.80 Å². The van der Waals surface area contributed by atoms with E-state index < -0.39 is 0 Å². The van der Waals surface area contributed by atoms with Gasteiger partial charge in [-0.05, 0) is 17.2 Å². The summed E-state index contributed by atoms with van der Waals surface area (Å²) in [6.07, 6.45) is 4.47. The van der Waals surface area contributed by atoms with Crippen LogP contribution < -0.4 is 0 Å². The van der Waals surface area contributed by atoms with Gasteiger partial charge in [0.1, 0.15) is 0 Å². The van der Waals surface area contributed by atoms with Gasteiger partial charge in [0.25, 0.3) is 0 Å². The van der Waals surface area contributed by atoms with Crippen molar-refractivity contribution in [2.24, 2.45) is 0 Å². The minimum Gasteiger partial charge on any atom is -0.297 e. The van der Waals surface area contributed by atoms with Crippen LogP contribution >= 0.6 is 11.6 Å². The van der Waals surface area contributed by atoms with Crippen molar-refractivity contribution >= 4 is 17.7 Å². The molecule has 0 atom stereocenters. The molecule has 120 valence electrons. The Hall–Kier alpha value is -1.61. The summed E-state index contributed by atoms with van der Waals surface area (Å²) in [4.78, 5) is 4.99. The molecule has 0 aliphatic carbocycles. The molecule has 0 aromatic heterocycles. The fourth-order valence-electron chi connectivity index (χ4n) is 2.90. The molecule has 0 spiro atoms. The van der Waals surface area contributed by atoms with Gasteiger partial charge in [-0.3, -0.25) is 9.80 Å². The summed E-state index contributed by atoms with van der Waals surface area (Å²) in [7, 11) is 0. The minimum absolute atomic E-state index is 0.876. The maximum Gasteiger partial charge on any atom is 0.0451 e. The summed E-state index contributed by atoms with van der Waals surface area (Å²) in [5.74, 6) is 0. The van der Waals surface area contributed by atoms with Crippen molar-refractivity contribution in [2.75, 3.05) is 32.7 Å². The predicted octanol–water partition coefficient (Wildman–Crippen LogP) is 4.17. The number of piperazine rings is 1. The van der Waals surface area contributed by atoms with Gasteiger partial charge in [0, 0.05) is 44.3 Å². The number of hydrogen-bond acceptors (Lipinski definition) is 2. The van der Waals surface area contributed by atoms with Crippen LogP contribution in [-0.2, 0) is 6.54 Å². The van der Waals surface area contributed by atoms with Crippen LogP contribution in [0.4, 0.5) is 0 Å². The summed E-state index contributed by atoms with van der Waals surface area (Å²) in [6, 6.07) is 18.6. The summed E-state index contributed by atoms with van der Waals surface area (Å²) in [5, 5.41) is 0.876. The maximum atomic E-state index is 6.25. The van der Waals surface area contributed by atoms with Crippen LogP contribution in [0, 0.1) is 0 Å². The second-order valence-corrected chi connectivity index (χ2v) is 6.39. The zero-order chi connectivity index (χ0) is 15.9. The standard InChI is InChI=1S/C20H23ClN2/c21-20-11-5-4-10-19(20)17-23-15-13-22(14-16-23)12-6-9-18-7-2-1-3-8-18/h1-11H,12-17H2. The molecule has 0 radical (unpaired) electrons. The molecule has 2 aromatic rings. The lowest BCUT2D eigenvalue weighted by molar-refractivity contribution is 0.137. The van der Waals surface area contributed by atoms with Gasteiger partial charge in [0.2, 0.25) is 0 Å². The van der Waals surface area contributed by atoms with Crippen LogP contribution in [0.15, 0.2) is 60.7 Å². The van der Waals surface area contributed by atoms with Gasteiger partial charge in [0.15, 0.2) is 0 Å². The molecular formula is C20H23ClN2. The van der Waals surface area contributed by atoms with E-state index in [1.54, 1.807) is 0 Å². The number of benzene rings is 2. The first-order valence-electron chi connectivity index (χ1n) is 8.21. The Balaban J connectivity index is 1.44. The third kappa shape index (κ3) is 4.93. The van der Waals surface area contributed by atoms with Crippen molar-refractivity contribution < 1.29 is 0 Å². The molecule has 0 saturated carbocycles. The summed E-state index contributed by atoms with van der Waals surface area (Å²) >= 11 is 6.25. The Kier molecular flexibility index (Phi) is 5.87. The van der Waals surface area contributed by atoms with Crippen LogP contribution in [0.25, 0.3) is 6.08 Å². The number of rotatable bonds is 5. The van der Waals surface area contributed by atoms with Crippen LogP contribution in [0.1, 0.15) is 11.1 Å². The normalized spacial score (nSPS) is 16.9. The van der Waals surface area contributed by atoms with Gasteiger partial charge < -0.3 is 0 Å². The largest absolute Gasteiger partial charge is 0.297 e. The first-order valence-corrected chi connectivity index (χ1v) is 8.59. The number of hydrogen-bond donors (Lipinski definition) is 0. The maximum absolute atomic E-state index is 6.25. The van der Waals surface area contributed by atoms with Gasteiger partial charge in [-0.15, -0.1) is 0 Å². The zero-order valence-corrected chi connectivity index (χ0v) is 14.1. The molecular weight excluding hydrogens is 304 g/mol. The van der Waals surface area contributed by atoms with Crippen LogP contribution in [0.3, 0.4) is 0 Å². The van der Waals surface area contributed by atoms with Crippen molar-refractivity contribution in [3.63, 3.8) is 0 Å². The molecule has 1 saturated heterocycles. The highest BCUT2D eigenvalue weighted by molar-refractivity contribution is 6.31. The van der Waals surface area contributed by atoms with E-state index in [1.807, 2.05) is 12.1 Å². The average molecular weight is 327 g/mol. The lowest BCUT2D eigenvalue weighted by atomic mass is 10.2. The quantitative estimate of drug-likeness (QED) is 0.813. The molecule has 1 heterocycles. The lowest BCUT2D eigenvalue weighted by Gasteiger charge is -2.34. The molecule has 0 bridgehead atoms. The molecule has 1 aliphatic rings. The van der Waals surface area contributed by atoms with E-state index in [0.717, 1.165) is 44.3 Å². The highest BCUT2D eigenvalue weighted by Gasteiger charge is 2.16. The third-order valence-electron chi connectivity index (χ3n) is 4.29. The minimum atomic E-state index is 0.876. The molecule has 0 unspecified atom stereocenters. The summed E-state index contributed by atoms with van der Waals surface area (Å²) in [6.45, 7) is 6.41. The Morgan fingerprint density at radius 3 is 2.22 bits per heavy atom. The second-order valence-electron chi connectivity index (χ2n) is 5.98. The van der Waals surface area contributed by atoms with Crippen LogP contribution in [-0.4, -0.2) is 42.5 Å². The highest BCUT2D eigenvalue weighted by atomic mass is 35.5. The average Bonchev–Trinajstić information content (AvgIpc) is 2.59. The first-order chi connectivity index (χ1) is 11.3. The molecule has 0 N–H and O–H groups in total. The van der Waals surface area contributed by atoms with E-state index in [4.69, 9.17) is 11.6 Å². The topological polar surface area (TPSA) is 6.48 Å². The first kappa shape index (κ1) is 16.3. The van der Waals surface area contributed by atoms with Crippen molar-refractivity contribution in [2.45, 2.75) is 6.54 Å². The molecule has 1 aliphatic heterocycles. The van der Waals surface area contributed by atoms with Crippen molar-refractivity contribution in [3.8, 4) is 0 Å². The molecule has 1 fully saturated rings. The van der Waals surface area contributed by atoms with Gasteiger partial charge in [-0.25, -0.2) is 0 Å². The van der Waals surface area contributed by atoms with Crippen molar-refractivity contribution in [3.05, 3.63) is 76.8 Å². The zero-order valence-electron chi connectivity index (χ0n) is 13.4. The van der Waals surface area contributed by atoms with E-state index in [9.17, 15) is 0 Å². The number of halogens is 1. The molecule has 3 rings (SSSR count). The fraction of sp³-hybridized carbons (Fsp3) is 0.300. The molecule has 2 nitrogen and oxygen atoms in total. The Labute approximate surface area is 144 Å². The van der Waals surface area contributed by atoms with E-state index in [-0.39, 0.29) is 0 Å². The molecule has 23 heavy (non-hydrogen) atoms. The van der Waals surface area contributed by atoms with Crippen LogP contribution in [0.2, 0.25) is 5.02 Å². The molecule has 3 heteroatoms. The Bertz CT molecular complexity index is 631. The van der Waals surface area contributed by atoms with Gasteiger partial charge >= 0.3 is 0 Å². The Morgan fingerprint density at radius 1 is 0.826 bits per heavy atom. The fourth-order valence-corrected chi connectivity index (χ4v) is 3.10. The Morgan fingerprint density at radius 2 is 1.48 bits per heavy atom. The predicted molar refractivity (Wildman–Crippen MR) is 98.6 cm³/mol. The van der Waals surface area contributed by atoms with Crippen LogP contribution in [0.5, 0.6) is 0 Å². The SMILES string of the molecule is Clc1ccccc1CN1CCN(CC=Cc2ccccc2)CC1. The molecule has 2 aromatic carbocycles. The van der Waals surface area contributed by atoms with Gasteiger partial charge in [-0.2, -0.15) is 0 Å². The van der Waals surface area contributed by atoms with Crippen molar-refractivity contribution in [1.29, 1.82) is 0 Å². The van der Waals surface area contributed by atoms with Gasteiger partial charge in [-0.1, -0.05) is 72.3 Å². The summed E-state index contributed by atoms with van der Waals surface area (Å²) in [5.41, 5.74) is 2.50. The van der Waals surface area contributed by atoms with E-state index in [1.165, 1.54) is 11.1 Å². The second kappa shape index (κ2) is 8.30. The number of nitrogens with zero attached hydrogens (tertiary/aromatic N) is 2. The van der Waals surface area contributed by atoms with E-state index in [2.05, 4.69) is 64.4 Å². The monoisotopic (exact) mass is 326 g/mol. The van der Waals surface area contributed by atoms with Gasteiger partial charge in [0.05, 0.1) is 0 Å². The molecule has 0 amide bonds. The van der Waals surface area contributed by atoms with E-state index in [0.29, 0.717) is 0 Å². The summed E-state index contributed by atoms with van der Waals surface area (Å²) < 4.78 is 0. The highest BCUT2D eigenvalue weighted by Crippen LogP contribution is 2.17. The third-order valence-corrected chi connectivity index (χ3v) is 4.66.